The van der Waals surface area contributed by atoms with Crippen LogP contribution >= 0.6 is 0 Å². The molecule has 0 spiro atoms. The highest BCUT2D eigenvalue weighted by atomic mass is 16.5. The van der Waals surface area contributed by atoms with E-state index in [4.69, 9.17) is 4.74 Å². The average molecular weight is 431 g/mol. The number of hydrogen-bond donors (Lipinski definition) is 3. The largest absolute Gasteiger partial charge is 0.496 e. The molecule has 0 bridgehead atoms. The van der Waals surface area contributed by atoms with Gasteiger partial charge in [-0.05, 0) is 55.0 Å². The zero-order valence-corrected chi connectivity index (χ0v) is 17.9. The minimum absolute atomic E-state index is 0.208. The second kappa shape index (κ2) is 7.34. The van der Waals surface area contributed by atoms with Crippen LogP contribution < -0.4 is 21.3 Å². The fourth-order valence-electron chi connectivity index (χ4n) is 5.80. The van der Waals surface area contributed by atoms with Crippen molar-refractivity contribution in [3.63, 3.8) is 0 Å². The monoisotopic (exact) mass is 431 g/mol. The molecule has 32 heavy (non-hydrogen) atoms. The molecule has 0 amide bonds. The molecule has 164 valence electrons. The van der Waals surface area contributed by atoms with Crippen molar-refractivity contribution in [2.75, 3.05) is 13.7 Å². The Kier molecular flexibility index (Phi) is 4.43. The Labute approximate surface area is 183 Å². The molecule has 3 N–H and O–H groups in total. The molecule has 2 aliphatic rings. The van der Waals surface area contributed by atoms with E-state index in [2.05, 4.69) is 32.4 Å². The van der Waals surface area contributed by atoms with Crippen molar-refractivity contribution in [1.82, 2.24) is 24.8 Å². The van der Waals surface area contributed by atoms with E-state index in [1.165, 1.54) is 15.7 Å². The van der Waals surface area contributed by atoms with Gasteiger partial charge in [0.05, 0.1) is 18.1 Å². The Morgan fingerprint density at radius 1 is 1.19 bits per heavy atom. The number of hydrogen-bond acceptors (Lipinski definition) is 5. The molecule has 8 heteroatoms. The molecule has 1 unspecified atom stereocenters. The van der Waals surface area contributed by atoms with E-state index < -0.39 is 0 Å². The van der Waals surface area contributed by atoms with Crippen molar-refractivity contribution < 1.29 is 4.74 Å². The van der Waals surface area contributed by atoms with Crippen LogP contribution in [0.15, 0.2) is 46.2 Å². The van der Waals surface area contributed by atoms with Crippen molar-refractivity contribution in [3.8, 4) is 5.75 Å². The number of rotatable bonds is 4. The number of pyridine rings is 1. The Hall–Kier alpha value is -3.39. The summed E-state index contributed by atoms with van der Waals surface area (Å²) >= 11 is 0. The Morgan fingerprint density at radius 3 is 2.97 bits per heavy atom. The number of aromatic nitrogens is 4. The fourth-order valence-corrected chi connectivity index (χ4v) is 5.80. The highest BCUT2D eigenvalue weighted by Gasteiger charge is 2.40. The molecule has 4 heterocycles. The molecule has 0 saturated carbocycles. The summed E-state index contributed by atoms with van der Waals surface area (Å²) in [5.41, 5.74) is 3.69. The van der Waals surface area contributed by atoms with E-state index in [0.717, 1.165) is 36.0 Å². The first-order valence-electron chi connectivity index (χ1n) is 11.1. The van der Waals surface area contributed by atoms with Crippen LogP contribution in [0.2, 0.25) is 0 Å². The summed E-state index contributed by atoms with van der Waals surface area (Å²) in [5.74, 6) is 1.89. The van der Waals surface area contributed by atoms with Crippen LogP contribution in [0.25, 0.3) is 21.9 Å². The van der Waals surface area contributed by atoms with Crippen molar-refractivity contribution in [2.45, 2.75) is 37.8 Å². The van der Waals surface area contributed by atoms with Crippen LogP contribution in [0, 0.1) is 5.92 Å². The van der Waals surface area contributed by atoms with Crippen LogP contribution in [0.5, 0.6) is 5.75 Å². The van der Waals surface area contributed by atoms with E-state index in [0.29, 0.717) is 35.8 Å². The van der Waals surface area contributed by atoms with Gasteiger partial charge in [-0.15, -0.1) is 0 Å². The van der Waals surface area contributed by atoms with Gasteiger partial charge >= 0.3 is 5.69 Å². The van der Waals surface area contributed by atoms with Crippen molar-refractivity contribution >= 4 is 21.9 Å². The molecule has 1 saturated heterocycles. The predicted molar refractivity (Wildman–Crippen MR) is 122 cm³/mol. The number of ether oxygens (including phenoxy) is 1. The molecule has 3 atom stereocenters. The second-order valence-corrected chi connectivity index (χ2v) is 8.84. The first-order chi connectivity index (χ1) is 15.7. The molecule has 1 aliphatic heterocycles. The SMILES string of the molecule is COc1cccc2c1CC[C@H]1CNC(CCn3c(=O)[nH]c4c([nH]c5ccncc54)c3=O)[C@@H]21. The molecule has 0 radical (unpaired) electrons. The summed E-state index contributed by atoms with van der Waals surface area (Å²) in [4.78, 5) is 36.1. The third kappa shape index (κ3) is 2.82. The number of nitrogens with one attached hydrogen (secondary N) is 3. The van der Waals surface area contributed by atoms with E-state index in [1.54, 1.807) is 25.6 Å². The lowest BCUT2D eigenvalue weighted by Gasteiger charge is -2.32. The van der Waals surface area contributed by atoms with E-state index in [9.17, 15) is 9.59 Å². The van der Waals surface area contributed by atoms with Gasteiger partial charge in [0.15, 0.2) is 0 Å². The summed E-state index contributed by atoms with van der Waals surface area (Å²) in [6.45, 7) is 1.32. The zero-order chi connectivity index (χ0) is 21.8. The maximum absolute atomic E-state index is 13.1. The molecule has 3 aromatic heterocycles. The van der Waals surface area contributed by atoms with Gasteiger partial charge in [0.1, 0.15) is 11.3 Å². The Bertz CT molecular complexity index is 1450. The van der Waals surface area contributed by atoms with Crippen LogP contribution in [-0.2, 0) is 13.0 Å². The lowest BCUT2D eigenvalue weighted by atomic mass is 9.73. The lowest BCUT2D eigenvalue weighted by molar-refractivity contribution is 0.371. The van der Waals surface area contributed by atoms with Crippen LogP contribution in [0.1, 0.15) is 29.9 Å². The quantitative estimate of drug-likeness (QED) is 0.460. The lowest BCUT2D eigenvalue weighted by Crippen LogP contribution is -2.38. The number of benzene rings is 1. The van der Waals surface area contributed by atoms with Gasteiger partial charge in [0.25, 0.3) is 5.56 Å². The van der Waals surface area contributed by atoms with E-state index in [-0.39, 0.29) is 17.3 Å². The summed E-state index contributed by atoms with van der Waals surface area (Å²) in [6.07, 6.45) is 6.17. The molecular formula is C24H25N5O3. The second-order valence-electron chi connectivity index (χ2n) is 8.84. The fraction of sp³-hybridized carbons (Fsp3) is 0.375. The summed E-state index contributed by atoms with van der Waals surface area (Å²) < 4.78 is 6.92. The smallest absolute Gasteiger partial charge is 0.328 e. The normalized spacial score (nSPS) is 22.2. The summed E-state index contributed by atoms with van der Waals surface area (Å²) in [6, 6.07) is 8.30. The van der Waals surface area contributed by atoms with Crippen molar-refractivity contribution in [3.05, 3.63) is 68.6 Å². The summed E-state index contributed by atoms with van der Waals surface area (Å²) in [7, 11) is 1.72. The molecule has 1 aromatic carbocycles. The highest BCUT2D eigenvalue weighted by Crippen LogP contribution is 2.45. The number of H-pyrrole nitrogens is 2. The number of methoxy groups -OCH3 is 1. The third-order valence-electron chi connectivity index (χ3n) is 7.30. The van der Waals surface area contributed by atoms with Gasteiger partial charge in [0, 0.05) is 36.3 Å². The van der Waals surface area contributed by atoms with E-state index >= 15 is 0 Å². The third-order valence-corrected chi connectivity index (χ3v) is 7.30. The predicted octanol–water partition coefficient (Wildman–Crippen LogP) is 2.28. The van der Waals surface area contributed by atoms with Crippen LogP contribution in [0.3, 0.4) is 0 Å². The van der Waals surface area contributed by atoms with Crippen LogP contribution in [0.4, 0.5) is 0 Å². The molecule has 1 aliphatic carbocycles. The van der Waals surface area contributed by atoms with Gasteiger partial charge < -0.3 is 20.0 Å². The van der Waals surface area contributed by atoms with E-state index in [1.807, 2.05) is 6.07 Å². The maximum atomic E-state index is 13.1. The first-order valence-corrected chi connectivity index (χ1v) is 11.1. The molecule has 8 nitrogen and oxygen atoms in total. The zero-order valence-electron chi connectivity index (χ0n) is 17.9. The molecule has 6 rings (SSSR count). The maximum Gasteiger partial charge on any atom is 0.328 e. The van der Waals surface area contributed by atoms with Crippen LogP contribution in [-0.4, -0.2) is 39.2 Å². The number of nitrogens with zero attached hydrogens (tertiary/aromatic N) is 2. The van der Waals surface area contributed by atoms with Gasteiger partial charge in [-0.25, -0.2) is 4.79 Å². The first kappa shape index (κ1) is 19.3. The molecule has 1 fully saturated rings. The van der Waals surface area contributed by atoms with Gasteiger partial charge in [-0.2, -0.15) is 0 Å². The number of fused-ring (bicyclic) bond motifs is 6. The molecule has 4 aromatic rings. The summed E-state index contributed by atoms with van der Waals surface area (Å²) in [5, 5.41) is 4.41. The van der Waals surface area contributed by atoms with Gasteiger partial charge in [-0.3, -0.25) is 14.3 Å². The Balaban J connectivity index is 1.33. The topological polar surface area (TPSA) is 105 Å². The van der Waals surface area contributed by atoms with Crippen molar-refractivity contribution in [2.24, 2.45) is 5.92 Å². The highest BCUT2D eigenvalue weighted by molar-refractivity contribution is 6.03. The average Bonchev–Trinajstić information content (AvgIpc) is 3.40. The standard InChI is InChI=1S/C24H25N5O3/c1-32-19-4-2-3-15-14(19)6-5-13-11-26-18(20(13)15)8-10-29-23(30)22-21(28-24(29)31)16-12-25-9-7-17(16)27-22/h2-4,7,9,12-13,18,20,26-27H,5-6,8,10-11H2,1H3,(H,28,31)/t13-,18?,20+/m0/s1. The minimum atomic E-state index is -0.382. The Morgan fingerprint density at radius 2 is 2.09 bits per heavy atom. The van der Waals surface area contributed by atoms with Gasteiger partial charge in [0.2, 0.25) is 0 Å². The minimum Gasteiger partial charge on any atom is -0.496 e. The number of aromatic amines is 2. The molecular weight excluding hydrogens is 406 g/mol. The van der Waals surface area contributed by atoms with Gasteiger partial charge in [-0.1, -0.05) is 12.1 Å². The van der Waals surface area contributed by atoms with Crippen molar-refractivity contribution in [1.29, 1.82) is 0 Å².